The van der Waals surface area contributed by atoms with Gasteiger partial charge < -0.3 is 5.32 Å². The van der Waals surface area contributed by atoms with Gasteiger partial charge in [-0.25, -0.2) is 21.2 Å². The molecule has 0 heterocycles. The van der Waals surface area contributed by atoms with Crippen molar-refractivity contribution in [2.45, 2.75) is 16.7 Å². The third-order valence-electron chi connectivity index (χ3n) is 5.38. The Labute approximate surface area is 224 Å². The van der Waals surface area contributed by atoms with E-state index in [0.717, 1.165) is 24.3 Å². The smallest absolute Gasteiger partial charge is 0.261 e. The first-order valence-electron chi connectivity index (χ1n) is 11.0. The number of aryl methyl sites for hydroxylation is 1. The Morgan fingerprint density at radius 3 is 2.11 bits per heavy atom. The number of halogens is 2. The normalized spacial score (nSPS) is 11.6. The van der Waals surface area contributed by atoms with Gasteiger partial charge in [-0.1, -0.05) is 35.9 Å². The van der Waals surface area contributed by atoms with Crippen LogP contribution in [-0.4, -0.2) is 22.7 Å². The molecule has 4 rings (SSSR count). The first-order valence-corrected chi connectivity index (χ1v) is 14.4. The molecule has 0 fully saturated rings. The van der Waals surface area contributed by atoms with Crippen LogP contribution in [-0.2, 0) is 20.0 Å². The summed E-state index contributed by atoms with van der Waals surface area (Å²) in [7, 11) is -8.13. The fourth-order valence-corrected chi connectivity index (χ4v) is 5.79. The second kappa shape index (κ2) is 10.8. The molecule has 0 atom stereocenters. The summed E-state index contributed by atoms with van der Waals surface area (Å²) < 4.78 is 69.4. The van der Waals surface area contributed by atoms with Crippen LogP contribution in [0.3, 0.4) is 0 Å². The van der Waals surface area contributed by atoms with Gasteiger partial charge in [-0.05, 0) is 79.2 Å². The van der Waals surface area contributed by atoms with Gasteiger partial charge in [0.25, 0.3) is 26.0 Å². The number of benzene rings is 4. The molecule has 4 aromatic carbocycles. The minimum Gasteiger partial charge on any atom is -0.322 e. The van der Waals surface area contributed by atoms with Crippen LogP contribution in [0.15, 0.2) is 101 Å². The summed E-state index contributed by atoms with van der Waals surface area (Å²) in [6, 6.07) is 20.6. The fraction of sp³-hybridized carbons (Fsp3) is 0.0385. The Bertz CT molecular complexity index is 1730. The average molecular weight is 574 g/mol. The molecule has 0 saturated carbocycles. The lowest BCUT2D eigenvalue weighted by molar-refractivity contribution is 0.102. The van der Waals surface area contributed by atoms with E-state index in [2.05, 4.69) is 14.8 Å². The molecule has 0 aliphatic rings. The number of carbonyl (C=O) groups excluding carboxylic acids is 1. The van der Waals surface area contributed by atoms with Gasteiger partial charge in [-0.15, -0.1) is 0 Å². The molecule has 0 aliphatic heterocycles. The number of para-hydroxylation sites is 1. The summed E-state index contributed by atoms with van der Waals surface area (Å²) in [6.45, 7) is 1.68. The molecule has 8 nitrogen and oxygen atoms in total. The van der Waals surface area contributed by atoms with Crippen LogP contribution in [0.25, 0.3) is 0 Å². The predicted molar refractivity (Wildman–Crippen MR) is 145 cm³/mol. The van der Waals surface area contributed by atoms with E-state index in [-0.39, 0.29) is 32.4 Å². The van der Waals surface area contributed by atoms with Gasteiger partial charge in [-0.3, -0.25) is 14.2 Å². The van der Waals surface area contributed by atoms with E-state index in [0.29, 0.717) is 10.6 Å². The molecule has 12 heteroatoms. The van der Waals surface area contributed by atoms with Gasteiger partial charge in [0.2, 0.25) is 0 Å². The summed E-state index contributed by atoms with van der Waals surface area (Å²) in [6.07, 6.45) is 0. The Balaban J connectivity index is 1.59. The van der Waals surface area contributed by atoms with Gasteiger partial charge in [0.15, 0.2) is 0 Å². The highest BCUT2D eigenvalue weighted by Gasteiger charge is 2.21. The lowest BCUT2D eigenvalue weighted by Gasteiger charge is -2.15. The van der Waals surface area contributed by atoms with Crippen molar-refractivity contribution in [3.05, 3.63) is 113 Å². The molecule has 0 unspecified atom stereocenters. The number of carbonyl (C=O) groups is 1. The molecule has 0 bridgehead atoms. The number of anilines is 3. The zero-order valence-electron chi connectivity index (χ0n) is 19.8. The van der Waals surface area contributed by atoms with E-state index in [1.54, 1.807) is 37.3 Å². The Kier molecular flexibility index (Phi) is 7.72. The first kappa shape index (κ1) is 27.1. The van der Waals surface area contributed by atoms with Crippen molar-refractivity contribution in [1.29, 1.82) is 0 Å². The van der Waals surface area contributed by atoms with Gasteiger partial charge >= 0.3 is 0 Å². The monoisotopic (exact) mass is 573 g/mol. The summed E-state index contributed by atoms with van der Waals surface area (Å²) in [5.74, 6) is -1.27. The summed E-state index contributed by atoms with van der Waals surface area (Å²) >= 11 is 5.93. The molecule has 0 aromatic heterocycles. The average Bonchev–Trinajstić information content (AvgIpc) is 2.85. The second-order valence-electron chi connectivity index (χ2n) is 8.15. The van der Waals surface area contributed by atoms with Crippen molar-refractivity contribution in [2.75, 3.05) is 14.8 Å². The zero-order chi connectivity index (χ0) is 27.5. The minimum atomic E-state index is -4.12. The Hall–Kier alpha value is -3.93. The molecule has 1 amide bonds. The van der Waals surface area contributed by atoms with Crippen LogP contribution < -0.4 is 14.8 Å². The van der Waals surface area contributed by atoms with Gasteiger partial charge in [0.05, 0.1) is 26.7 Å². The van der Waals surface area contributed by atoms with E-state index < -0.39 is 31.8 Å². The lowest BCUT2D eigenvalue weighted by atomic mass is 10.1. The van der Waals surface area contributed by atoms with Crippen molar-refractivity contribution in [2.24, 2.45) is 0 Å². The van der Waals surface area contributed by atoms with Crippen molar-refractivity contribution < 1.29 is 26.0 Å². The molecule has 0 saturated heterocycles. The quantitative estimate of drug-likeness (QED) is 0.252. The third-order valence-corrected chi connectivity index (χ3v) is 8.38. The molecule has 38 heavy (non-hydrogen) atoms. The van der Waals surface area contributed by atoms with E-state index in [1.165, 1.54) is 36.4 Å². The van der Waals surface area contributed by atoms with Crippen molar-refractivity contribution in [1.82, 2.24) is 0 Å². The summed E-state index contributed by atoms with van der Waals surface area (Å²) in [4.78, 5) is 12.9. The Morgan fingerprint density at radius 1 is 0.737 bits per heavy atom. The first-order chi connectivity index (χ1) is 17.9. The van der Waals surface area contributed by atoms with Crippen LogP contribution in [0.2, 0.25) is 5.02 Å². The predicted octanol–water partition coefficient (Wildman–Crippen LogP) is 5.64. The maximum atomic E-state index is 13.2. The highest BCUT2D eigenvalue weighted by molar-refractivity contribution is 7.93. The highest BCUT2D eigenvalue weighted by atomic mass is 35.5. The van der Waals surface area contributed by atoms with Crippen molar-refractivity contribution >= 4 is 54.6 Å². The number of amides is 1. The fourth-order valence-electron chi connectivity index (χ4n) is 3.45. The van der Waals surface area contributed by atoms with E-state index in [4.69, 9.17) is 11.6 Å². The summed E-state index contributed by atoms with van der Waals surface area (Å²) in [5.41, 5.74) is 1.02. The van der Waals surface area contributed by atoms with E-state index in [9.17, 15) is 26.0 Å². The largest absolute Gasteiger partial charge is 0.322 e. The van der Waals surface area contributed by atoms with Crippen LogP contribution in [0.5, 0.6) is 0 Å². The maximum Gasteiger partial charge on any atom is 0.261 e. The molecular formula is C26H21ClFN3O5S2. The number of hydrogen-bond donors (Lipinski definition) is 3. The molecule has 3 N–H and O–H groups in total. The van der Waals surface area contributed by atoms with E-state index in [1.807, 2.05) is 0 Å². The van der Waals surface area contributed by atoms with Crippen molar-refractivity contribution in [3.63, 3.8) is 0 Å². The van der Waals surface area contributed by atoms with Crippen molar-refractivity contribution in [3.8, 4) is 0 Å². The van der Waals surface area contributed by atoms with E-state index >= 15 is 0 Å². The topological polar surface area (TPSA) is 121 Å². The summed E-state index contributed by atoms with van der Waals surface area (Å²) in [5, 5.41) is 3.01. The minimum absolute atomic E-state index is 0.0112. The van der Waals surface area contributed by atoms with Crippen LogP contribution in [0.1, 0.15) is 15.9 Å². The SMILES string of the molecule is Cc1ccc(S(=O)(=O)Nc2cccc(Cl)c2)cc1NC(=O)c1ccccc1NS(=O)(=O)c1ccc(F)cc1. The molecule has 0 aliphatic carbocycles. The van der Waals surface area contributed by atoms with Crippen LogP contribution in [0, 0.1) is 12.7 Å². The lowest BCUT2D eigenvalue weighted by Crippen LogP contribution is -2.19. The highest BCUT2D eigenvalue weighted by Crippen LogP contribution is 2.26. The zero-order valence-corrected chi connectivity index (χ0v) is 22.2. The maximum absolute atomic E-state index is 13.2. The molecule has 0 spiro atoms. The molecule has 0 radical (unpaired) electrons. The second-order valence-corrected chi connectivity index (χ2v) is 12.0. The number of hydrogen-bond acceptors (Lipinski definition) is 5. The van der Waals surface area contributed by atoms with Gasteiger partial charge in [-0.2, -0.15) is 0 Å². The van der Waals surface area contributed by atoms with Crippen LogP contribution >= 0.6 is 11.6 Å². The molecular weight excluding hydrogens is 553 g/mol. The molecule has 196 valence electrons. The number of nitrogens with one attached hydrogen (secondary N) is 3. The third kappa shape index (κ3) is 6.31. The van der Waals surface area contributed by atoms with Crippen LogP contribution in [0.4, 0.5) is 21.5 Å². The Morgan fingerprint density at radius 2 is 1.39 bits per heavy atom. The number of rotatable bonds is 8. The number of sulfonamides is 2. The van der Waals surface area contributed by atoms with Gasteiger partial charge in [0, 0.05) is 10.7 Å². The standard InChI is InChI=1S/C26H21ClFN3O5S2/c1-17-9-12-22(38(35,36)30-20-6-4-5-18(27)15-20)16-25(17)29-26(32)23-7-2-3-8-24(23)31-37(33,34)21-13-10-19(28)11-14-21/h2-16,30-31H,1H3,(H,29,32). The molecule has 4 aromatic rings. The van der Waals surface area contributed by atoms with Gasteiger partial charge in [0.1, 0.15) is 5.82 Å².